The van der Waals surface area contributed by atoms with Gasteiger partial charge in [0.25, 0.3) is 15.7 Å². The van der Waals surface area contributed by atoms with Gasteiger partial charge in [-0.2, -0.15) is 5.10 Å². The normalized spacial score (nSPS) is 11.3. The molecule has 0 atom stereocenters. The van der Waals surface area contributed by atoms with Gasteiger partial charge in [0.2, 0.25) is 0 Å². The molecule has 0 bridgehead atoms. The first-order chi connectivity index (χ1) is 9.29. The third-order valence-corrected chi connectivity index (χ3v) is 4.11. The number of hydrogen-bond donors (Lipinski definition) is 2. The summed E-state index contributed by atoms with van der Waals surface area (Å²) in [5, 5.41) is 17.1. The first-order valence-corrected chi connectivity index (χ1v) is 7.08. The number of aryl methyl sites for hydroxylation is 2. The third-order valence-electron chi connectivity index (χ3n) is 2.62. The summed E-state index contributed by atoms with van der Waals surface area (Å²) >= 11 is 0. The van der Waals surface area contributed by atoms with Crippen LogP contribution >= 0.6 is 0 Å². The zero-order valence-electron chi connectivity index (χ0n) is 10.7. The van der Waals surface area contributed by atoms with Crippen LogP contribution < -0.4 is 4.72 Å². The fourth-order valence-electron chi connectivity index (χ4n) is 1.65. The van der Waals surface area contributed by atoms with Crippen molar-refractivity contribution in [1.82, 2.24) is 10.2 Å². The van der Waals surface area contributed by atoms with Gasteiger partial charge in [-0.1, -0.05) is 6.07 Å². The molecule has 0 saturated carbocycles. The Balaban J connectivity index is 2.43. The van der Waals surface area contributed by atoms with Crippen LogP contribution in [-0.2, 0) is 10.0 Å². The molecule has 0 aliphatic carbocycles. The molecule has 1 aromatic carbocycles. The number of sulfonamides is 1. The van der Waals surface area contributed by atoms with E-state index >= 15 is 0 Å². The minimum Gasteiger partial charge on any atom is -0.281 e. The van der Waals surface area contributed by atoms with E-state index in [1.54, 1.807) is 13.8 Å². The summed E-state index contributed by atoms with van der Waals surface area (Å²) in [5.41, 5.74) is 0.822. The first kappa shape index (κ1) is 14.0. The molecule has 0 aliphatic heterocycles. The largest absolute Gasteiger partial charge is 0.281 e. The van der Waals surface area contributed by atoms with Gasteiger partial charge in [-0.05, 0) is 19.4 Å². The van der Waals surface area contributed by atoms with Crippen molar-refractivity contribution < 1.29 is 13.3 Å². The number of nitro groups is 1. The summed E-state index contributed by atoms with van der Waals surface area (Å²) in [4.78, 5) is 9.94. The molecule has 2 rings (SSSR count). The van der Waals surface area contributed by atoms with E-state index in [1.165, 1.54) is 18.2 Å². The second kappa shape index (κ2) is 4.93. The molecule has 106 valence electrons. The van der Waals surface area contributed by atoms with Crippen LogP contribution in [0.2, 0.25) is 0 Å². The van der Waals surface area contributed by atoms with Crippen LogP contribution in [0.15, 0.2) is 29.2 Å². The quantitative estimate of drug-likeness (QED) is 0.658. The molecule has 1 aromatic heterocycles. The molecular weight excluding hydrogens is 284 g/mol. The Hall–Kier alpha value is -2.42. The van der Waals surface area contributed by atoms with Crippen molar-refractivity contribution in [2.45, 2.75) is 18.7 Å². The zero-order valence-corrected chi connectivity index (χ0v) is 11.6. The van der Waals surface area contributed by atoms with Crippen LogP contribution in [0.4, 0.5) is 11.5 Å². The van der Waals surface area contributed by atoms with E-state index in [0.29, 0.717) is 11.3 Å². The van der Waals surface area contributed by atoms with Gasteiger partial charge >= 0.3 is 0 Å². The van der Waals surface area contributed by atoms with Gasteiger partial charge in [-0.15, -0.1) is 0 Å². The Morgan fingerprint density at radius 3 is 2.55 bits per heavy atom. The minimum atomic E-state index is -3.92. The number of nitrogens with zero attached hydrogens (tertiary/aromatic N) is 2. The van der Waals surface area contributed by atoms with E-state index in [4.69, 9.17) is 0 Å². The Labute approximate surface area is 115 Å². The number of anilines is 1. The number of hydrogen-bond acceptors (Lipinski definition) is 5. The second-order valence-corrected chi connectivity index (χ2v) is 5.90. The van der Waals surface area contributed by atoms with Crippen LogP contribution in [-0.4, -0.2) is 23.5 Å². The highest BCUT2D eigenvalue weighted by atomic mass is 32.2. The molecule has 8 nitrogen and oxygen atoms in total. The summed E-state index contributed by atoms with van der Waals surface area (Å²) in [6.45, 7) is 3.29. The van der Waals surface area contributed by atoms with E-state index in [9.17, 15) is 18.5 Å². The number of nitro benzene ring substituents is 1. The molecule has 9 heteroatoms. The molecular formula is C11H12N4O4S. The Morgan fingerprint density at radius 2 is 2.00 bits per heavy atom. The van der Waals surface area contributed by atoms with Gasteiger partial charge in [0, 0.05) is 23.9 Å². The average molecular weight is 296 g/mol. The van der Waals surface area contributed by atoms with Crippen molar-refractivity contribution in [3.8, 4) is 0 Å². The van der Waals surface area contributed by atoms with E-state index in [0.717, 1.165) is 6.07 Å². The lowest BCUT2D eigenvalue weighted by molar-refractivity contribution is -0.385. The lowest BCUT2D eigenvalue weighted by Crippen LogP contribution is -2.14. The second-order valence-electron chi connectivity index (χ2n) is 4.25. The number of nitrogens with one attached hydrogen (secondary N) is 2. The number of benzene rings is 1. The number of aromatic nitrogens is 2. The maximum Gasteiger partial charge on any atom is 0.270 e. The number of H-pyrrole nitrogens is 1. The van der Waals surface area contributed by atoms with Crippen molar-refractivity contribution >= 4 is 21.5 Å². The highest BCUT2D eigenvalue weighted by molar-refractivity contribution is 7.92. The summed E-state index contributed by atoms with van der Waals surface area (Å²) in [7, 11) is -3.92. The highest BCUT2D eigenvalue weighted by Crippen LogP contribution is 2.23. The highest BCUT2D eigenvalue weighted by Gasteiger charge is 2.21. The lowest BCUT2D eigenvalue weighted by Gasteiger charge is -2.08. The molecule has 0 saturated heterocycles. The molecule has 2 aromatic rings. The minimum absolute atomic E-state index is 0.133. The fourth-order valence-corrected chi connectivity index (χ4v) is 2.91. The monoisotopic (exact) mass is 296 g/mol. The summed E-state index contributed by atoms with van der Waals surface area (Å²) in [6.07, 6.45) is 0. The molecule has 0 radical (unpaired) electrons. The molecule has 0 fully saturated rings. The van der Waals surface area contributed by atoms with E-state index in [2.05, 4.69) is 14.9 Å². The molecule has 0 amide bonds. The number of aromatic amines is 1. The molecule has 0 aliphatic rings. The van der Waals surface area contributed by atoms with Gasteiger partial charge in [0.1, 0.15) is 0 Å². The molecule has 1 heterocycles. The summed E-state index contributed by atoms with van der Waals surface area (Å²) in [6, 6.07) is 5.19. The van der Waals surface area contributed by atoms with Crippen LogP contribution in [0.5, 0.6) is 0 Å². The van der Waals surface area contributed by atoms with E-state index in [1.807, 2.05) is 0 Å². The van der Waals surface area contributed by atoms with Crippen LogP contribution in [0.25, 0.3) is 0 Å². The standard InChI is InChI=1S/C11H12N4O4S/c1-7-3-4-9(15(16)17)6-10(7)20(18,19)14-11-5-8(2)12-13-11/h3-6H,1-2H3,(H2,12,13,14). The predicted octanol–water partition coefficient (Wildman–Crippen LogP) is 1.74. The topological polar surface area (TPSA) is 118 Å². The predicted molar refractivity (Wildman–Crippen MR) is 72.0 cm³/mol. The Bertz CT molecular complexity index is 766. The van der Waals surface area contributed by atoms with Crippen molar-refractivity contribution in [3.63, 3.8) is 0 Å². The maximum absolute atomic E-state index is 12.2. The summed E-state index contributed by atoms with van der Waals surface area (Å²) < 4.78 is 26.7. The fraction of sp³-hybridized carbons (Fsp3) is 0.182. The van der Waals surface area contributed by atoms with Gasteiger partial charge in [-0.25, -0.2) is 8.42 Å². The molecule has 20 heavy (non-hydrogen) atoms. The number of non-ortho nitro benzene ring substituents is 1. The van der Waals surface area contributed by atoms with Crippen LogP contribution in [0.3, 0.4) is 0 Å². The van der Waals surface area contributed by atoms with Crippen LogP contribution in [0, 0.1) is 24.0 Å². The lowest BCUT2D eigenvalue weighted by atomic mass is 10.2. The Morgan fingerprint density at radius 1 is 1.30 bits per heavy atom. The Kier molecular flexibility index (Phi) is 3.45. The van der Waals surface area contributed by atoms with E-state index < -0.39 is 14.9 Å². The smallest absolute Gasteiger partial charge is 0.270 e. The first-order valence-electron chi connectivity index (χ1n) is 5.59. The third kappa shape index (κ3) is 2.77. The molecule has 0 spiro atoms. The van der Waals surface area contributed by atoms with Gasteiger partial charge in [0.05, 0.1) is 9.82 Å². The van der Waals surface area contributed by atoms with Crippen molar-refractivity contribution in [3.05, 3.63) is 45.6 Å². The molecule has 0 unspecified atom stereocenters. The van der Waals surface area contributed by atoms with Crippen molar-refractivity contribution in [1.29, 1.82) is 0 Å². The molecule has 2 N–H and O–H groups in total. The maximum atomic E-state index is 12.2. The van der Waals surface area contributed by atoms with Crippen LogP contribution in [0.1, 0.15) is 11.3 Å². The average Bonchev–Trinajstić information content (AvgIpc) is 2.73. The van der Waals surface area contributed by atoms with Gasteiger partial charge in [0.15, 0.2) is 5.82 Å². The van der Waals surface area contributed by atoms with Crippen molar-refractivity contribution in [2.75, 3.05) is 4.72 Å². The van der Waals surface area contributed by atoms with E-state index in [-0.39, 0.29) is 16.4 Å². The van der Waals surface area contributed by atoms with Gasteiger partial charge in [-0.3, -0.25) is 19.9 Å². The number of rotatable bonds is 4. The van der Waals surface area contributed by atoms with Gasteiger partial charge < -0.3 is 0 Å². The zero-order chi connectivity index (χ0) is 14.9. The SMILES string of the molecule is Cc1cc(NS(=O)(=O)c2cc([N+](=O)[O-])ccc2C)n[nH]1. The van der Waals surface area contributed by atoms with Crippen molar-refractivity contribution in [2.24, 2.45) is 0 Å². The summed E-state index contributed by atoms with van der Waals surface area (Å²) in [5.74, 6) is 0.133.